The van der Waals surface area contributed by atoms with Crippen molar-refractivity contribution in [3.63, 3.8) is 0 Å². The third-order valence-electron chi connectivity index (χ3n) is 4.74. The van der Waals surface area contributed by atoms with Gasteiger partial charge < -0.3 is 15.2 Å². The van der Waals surface area contributed by atoms with Crippen LogP contribution in [0.4, 0.5) is 0 Å². The predicted molar refractivity (Wildman–Crippen MR) is 77.9 cm³/mol. The summed E-state index contributed by atoms with van der Waals surface area (Å²) in [6, 6.07) is 0.740. The highest BCUT2D eigenvalue weighted by molar-refractivity contribution is 5.79. The third kappa shape index (κ3) is 3.15. The van der Waals surface area contributed by atoms with E-state index in [1.807, 2.05) is 0 Å². The number of rotatable bonds is 5. The first-order valence-corrected chi connectivity index (χ1v) is 7.84. The molecule has 1 aliphatic heterocycles. The van der Waals surface area contributed by atoms with Gasteiger partial charge in [0.1, 0.15) is 5.54 Å². The minimum absolute atomic E-state index is 0.245. The van der Waals surface area contributed by atoms with Crippen LogP contribution in [0.2, 0.25) is 0 Å². The summed E-state index contributed by atoms with van der Waals surface area (Å²) in [5, 5.41) is 12.9. The maximum Gasteiger partial charge on any atom is 0.323 e. The summed E-state index contributed by atoms with van der Waals surface area (Å²) in [5.41, 5.74) is -0.720. The molecule has 4 atom stereocenters. The van der Waals surface area contributed by atoms with Crippen LogP contribution in [0.15, 0.2) is 0 Å². The smallest absolute Gasteiger partial charge is 0.323 e. The van der Waals surface area contributed by atoms with Crippen LogP contribution in [0.25, 0.3) is 0 Å². The van der Waals surface area contributed by atoms with Gasteiger partial charge in [-0.1, -0.05) is 6.92 Å². The summed E-state index contributed by atoms with van der Waals surface area (Å²) in [5.74, 6) is -0.692. The van der Waals surface area contributed by atoms with E-state index in [1.165, 1.54) is 0 Å². The minimum Gasteiger partial charge on any atom is -0.480 e. The van der Waals surface area contributed by atoms with Crippen molar-refractivity contribution in [3.05, 3.63) is 0 Å². The van der Waals surface area contributed by atoms with Crippen molar-refractivity contribution in [1.82, 2.24) is 10.2 Å². The lowest BCUT2D eigenvalue weighted by Gasteiger charge is -2.41. The van der Waals surface area contributed by atoms with Crippen LogP contribution in [0.3, 0.4) is 0 Å². The van der Waals surface area contributed by atoms with Crippen molar-refractivity contribution >= 4 is 5.97 Å². The number of nitrogens with one attached hydrogen (secondary N) is 1. The van der Waals surface area contributed by atoms with Crippen molar-refractivity contribution in [2.45, 2.75) is 70.2 Å². The third-order valence-corrected chi connectivity index (χ3v) is 4.74. The largest absolute Gasteiger partial charge is 0.480 e. The number of hydrogen-bond donors (Lipinski definition) is 2. The average Bonchev–Trinajstić information content (AvgIpc) is 2.85. The fourth-order valence-corrected chi connectivity index (χ4v) is 3.53. The maximum absolute atomic E-state index is 11.7. The van der Waals surface area contributed by atoms with Gasteiger partial charge in [0.2, 0.25) is 0 Å². The lowest BCUT2D eigenvalue weighted by atomic mass is 9.96. The molecule has 0 aromatic heterocycles. The zero-order chi connectivity index (χ0) is 14.8. The normalized spacial score (nSPS) is 39.0. The fraction of sp³-hybridized carbons (Fsp3) is 0.933. The molecule has 1 saturated heterocycles. The molecule has 5 heteroatoms. The molecule has 20 heavy (non-hydrogen) atoms. The number of carboxylic acids is 1. The quantitative estimate of drug-likeness (QED) is 0.800. The summed E-state index contributed by atoms with van der Waals surface area (Å²) >= 11 is 0. The number of carboxylic acid groups (broad SMARTS) is 1. The first-order valence-electron chi connectivity index (χ1n) is 7.84. The first kappa shape index (κ1) is 15.7. The number of hydrogen-bond acceptors (Lipinski definition) is 4. The van der Waals surface area contributed by atoms with Crippen molar-refractivity contribution in [1.29, 1.82) is 0 Å². The average molecular weight is 284 g/mol. The van der Waals surface area contributed by atoms with E-state index in [0.29, 0.717) is 18.5 Å². The van der Waals surface area contributed by atoms with Gasteiger partial charge in [-0.3, -0.25) is 9.69 Å². The Kier molecular flexibility index (Phi) is 5.04. The zero-order valence-electron chi connectivity index (χ0n) is 12.9. The van der Waals surface area contributed by atoms with Gasteiger partial charge in [0, 0.05) is 18.6 Å². The number of nitrogens with zero attached hydrogens (tertiary/aromatic N) is 1. The second kappa shape index (κ2) is 6.41. The molecule has 0 bridgehead atoms. The van der Waals surface area contributed by atoms with Crippen LogP contribution >= 0.6 is 0 Å². The van der Waals surface area contributed by atoms with Gasteiger partial charge >= 0.3 is 5.97 Å². The highest BCUT2D eigenvalue weighted by atomic mass is 16.5. The van der Waals surface area contributed by atoms with Crippen molar-refractivity contribution in [2.75, 3.05) is 19.7 Å². The fourth-order valence-electron chi connectivity index (χ4n) is 3.53. The van der Waals surface area contributed by atoms with E-state index in [2.05, 4.69) is 31.0 Å². The van der Waals surface area contributed by atoms with Crippen LogP contribution in [-0.2, 0) is 9.53 Å². The predicted octanol–water partition coefficient (Wildman–Crippen LogP) is 1.47. The monoisotopic (exact) mass is 284 g/mol. The number of carbonyl (C=O) groups is 1. The number of aliphatic carboxylic acids is 1. The Morgan fingerprint density at radius 2 is 2.25 bits per heavy atom. The van der Waals surface area contributed by atoms with E-state index in [4.69, 9.17) is 4.74 Å². The van der Waals surface area contributed by atoms with Crippen molar-refractivity contribution < 1.29 is 14.6 Å². The summed E-state index contributed by atoms with van der Waals surface area (Å²) in [4.78, 5) is 14.1. The topological polar surface area (TPSA) is 61.8 Å². The van der Waals surface area contributed by atoms with E-state index in [-0.39, 0.29) is 6.10 Å². The molecule has 4 unspecified atom stereocenters. The molecule has 0 aromatic rings. The highest BCUT2D eigenvalue weighted by Gasteiger charge is 2.47. The zero-order valence-corrected chi connectivity index (χ0v) is 12.9. The molecule has 0 spiro atoms. The van der Waals surface area contributed by atoms with E-state index in [9.17, 15) is 9.90 Å². The first-order chi connectivity index (χ1) is 9.48. The lowest BCUT2D eigenvalue weighted by Crippen LogP contribution is -2.55. The second-order valence-electron chi connectivity index (χ2n) is 6.40. The molecule has 2 N–H and O–H groups in total. The molecule has 1 aliphatic carbocycles. The van der Waals surface area contributed by atoms with Gasteiger partial charge in [0.25, 0.3) is 0 Å². The molecule has 5 nitrogen and oxygen atoms in total. The summed E-state index contributed by atoms with van der Waals surface area (Å²) in [6.45, 7) is 8.77. The van der Waals surface area contributed by atoms with Crippen molar-refractivity contribution in [2.24, 2.45) is 0 Å². The summed E-state index contributed by atoms with van der Waals surface area (Å²) in [7, 11) is 0. The van der Waals surface area contributed by atoms with Gasteiger partial charge in [0.15, 0.2) is 0 Å². The Hall–Kier alpha value is -0.650. The molecule has 2 fully saturated rings. The molecule has 1 saturated carbocycles. The van der Waals surface area contributed by atoms with E-state index in [0.717, 1.165) is 39.0 Å². The Morgan fingerprint density at radius 3 is 2.90 bits per heavy atom. The van der Waals surface area contributed by atoms with Crippen LogP contribution in [0.5, 0.6) is 0 Å². The Bertz CT molecular complexity index is 350. The molecule has 2 rings (SSSR count). The number of ether oxygens (including phenoxy) is 1. The minimum atomic E-state index is -0.720. The van der Waals surface area contributed by atoms with Crippen LogP contribution in [0, 0.1) is 0 Å². The van der Waals surface area contributed by atoms with E-state index in [1.54, 1.807) is 0 Å². The molecule has 0 aromatic carbocycles. The molecule has 1 heterocycles. The standard InChI is InChI=1S/C15H28N2O3/c1-4-7-16-15(14(18)19)6-5-13(8-15)17-9-12(3)20-10-11(17)2/h11-13,16H,4-10H2,1-3H3,(H,18,19). The highest BCUT2D eigenvalue weighted by Crippen LogP contribution is 2.35. The Balaban J connectivity index is 2.03. The molecular formula is C15H28N2O3. The van der Waals surface area contributed by atoms with Crippen molar-refractivity contribution in [3.8, 4) is 0 Å². The summed E-state index contributed by atoms with van der Waals surface area (Å²) < 4.78 is 5.67. The number of morpholine rings is 1. The van der Waals surface area contributed by atoms with Gasteiger partial charge in [-0.25, -0.2) is 0 Å². The lowest BCUT2D eigenvalue weighted by molar-refractivity contribution is -0.145. The Labute approximate surface area is 121 Å². The second-order valence-corrected chi connectivity index (χ2v) is 6.40. The molecule has 116 valence electrons. The van der Waals surface area contributed by atoms with Crippen LogP contribution in [0.1, 0.15) is 46.5 Å². The van der Waals surface area contributed by atoms with Crippen LogP contribution < -0.4 is 5.32 Å². The van der Waals surface area contributed by atoms with E-state index >= 15 is 0 Å². The maximum atomic E-state index is 11.7. The molecule has 2 aliphatic rings. The van der Waals surface area contributed by atoms with Gasteiger partial charge in [-0.05, 0) is 46.1 Å². The molecule has 0 amide bonds. The Morgan fingerprint density at radius 1 is 1.50 bits per heavy atom. The summed E-state index contributed by atoms with van der Waals surface area (Å²) in [6.07, 6.45) is 3.60. The van der Waals surface area contributed by atoms with Gasteiger partial charge in [-0.15, -0.1) is 0 Å². The molecule has 0 radical (unpaired) electrons. The van der Waals surface area contributed by atoms with Gasteiger partial charge in [-0.2, -0.15) is 0 Å². The van der Waals surface area contributed by atoms with E-state index < -0.39 is 11.5 Å². The van der Waals surface area contributed by atoms with Crippen LogP contribution in [-0.4, -0.2) is 59.4 Å². The SMILES string of the molecule is CCCNC1(C(=O)O)CCC(N2CC(C)OCC2C)C1. The van der Waals surface area contributed by atoms with Gasteiger partial charge in [0.05, 0.1) is 12.7 Å². The molecular weight excluding hydrogens is 256 g/mol.